The van der Waals surface area contributed by atoms with Gasteiger partial charge in [0.05, 0.1) is 22.8 Å². The molecule has 2 aromatic heterocycles. The Balaban J connectivity index is 1.64. The van der Waals surface area contributed by atoms with Gasteiger partial charge in [-0.15, -0.1) is 0 Å². The van der Waals surface area contributed by atoms with Crippen molar-refractivity contribution < 1.29 is 14.1 Å². The molecule has 1 N–H and O–H groups in total. The first-order valence-electron chi connectivity index (χ1n) is 10.2. The number of rotatable bonds is 6. The van der Waals surface area contributed by atoms with E-state index in [1.807, 2.05) is 49.4 Å². The zero-order chi connectivity index (χ0) is 23.5. The van der Waals surface area contributed by atoms with Gasteiger partial charge >= 0.3 is 0 Å². The molecule has 0 atom stereocenters. The molecule has 4 aromatic rings. The van der Waals surface area contributed by atoms with Crippen LogP contribution in [0.2, 0.25) is 5.02 Å². The highest BCUT2D eigenvalue weighted by Gasteiger charge is 2.23. The number of aryl methyl sites for hydroxylation is 2. The normalized spacial score (nSPS) is 10.8. The van der Waals surface area contributed by atoms with Crippen molar-refractivity contribution in [2.75, 3.05) is 18.9 Å². The molecule has 0 saturated heterocycles. The number of likely N-dealkylation sites (N-methyl/N-ethyl adjacent to an activating group) is 1. The van der Waals surface area contributed by atoms with E-state index in [-0.39, 0.29) is 12.5 Å². The van der Waals surface area contributed by atoms with Gasteiger partial charge in [-0.3, -0.25) is 9.59 Å². The van der Waals surface area contributed by atoms with Gasteiger partial charge in [-0.2, -0.15) is 5.10 Å². The van der Waals surface area contributed by atoms with Crippen LogP contribution in [0.5, 0.6) is 0 Å². The standard InChI is InChI=1S/C24H22ClN5O3/c1-15-8-10-17(11-9-15)23-18(13-30(27-23)20-7-5-4-6-19(20)25)24(32)29(3)14-22(31)26-21-12-16(2)33-28-21/h4-13H,14H2,1-3H3,(H,26,28,31). The highest BCUT2D eigenvalue weighted by molar-refractivity contribution is 6.32. The Kier molecular flexibility index (Phi) is 6.28. The Bertz CT molecular complexity index is 1310. The highest BCUT2D eigenvalue weighted by Crippen LogP contribution is 2.27. The Morgan fingerprint density at radius 2 is 1.85 bits per heavy atom. The van der Waals surface area contributed by atoms with Gasteiger partial charge in [0.1, 0.15) is 11.5 Å². The second-order valence-electron chi connectivity index (χ2n) is 7.69. The number of halogens is 1. The minimum atomic E-state index is -0.394. The third-order valence-corrected chi connectivity index (χ3v) is 5.31. The third-order valence-electron chi connectivity index (χ3n) is 4.99. The molecule has 4 rings (SSSR count). The number of nitrogens with one attached hydrogen (secondary N) is 1. The van der Waals surface area contributed by atoms with E-state index in [0.29, 0.717) is 33.5 Å². The molecule has 2 heterocycles. The molecule has 9 heteroatoms. The summed E-state index contributed by atoms with van der Waals surface area (Å²) in [4.78, 5) is 27.1. The van der Waals surface area contributed by atoms with Crippen LogP contribution < -0.4 is 5.32 Å². The van der Waals surface area contributed by atoms with E-state index in [1.54, 1.807) is 37.0 Å². The summed E-state index contributed by atoms with van der Waals surface area (Å²) in [5.41, 5.74) is 3.37. The van der Waals surface area contributed by atoms with Crippen LogP contribution in [0.4, 0.5) is 5.82 Å². The fourth-order valence-electron chi connectivity index (χ4n) is 3.32. The van der Waals surface area contributed by atoms with Gasteiger partial charge in [-0.1, -0.05) is 58.7 Å². The second-order valence-corrected chi connectivity index (χ2v) is 8.09. The lowest BCUT2D eigenvalue weighted by molar-refractivity contribution is -0.116. The number of nitrogens with zero attached hydrogens (tertiary/aromatic N) is 4. The first-order chi connectivity index (χ1) is 15.8. The van der Waals surface area contributed by atoms with Crippen LogP contribution in [-0.4, -0.2) is 45.2 Å². The first-order valence-corrected chi connectivity index (χ1v) is 10.6. The number of amides is 2. The number of hydrogen-bond donors (Lipinski definition) is 1. The molecule has 0 aliphatic heterocycles. The van der Waals surface area contributed by atoms with Crippen LogP contribution in [0.1, 0.15) is 21.7 Å². The van der Waals surface area contributed by atoms with Crippen molar-refractivity contribution in [3.05, 3.63) is 82.7 Å². The van der Waals surface area contributed by atoms with Crippen LogP contribution in [0.3, 0.4) is 0 Å². The maximum Gasteiger partial charge on any atom is 0.257 e. The van der Waals surface area contributed by atoms with E-state index >= 15 is 0 Å². The number of para-hydroxylation sites is 1. The Hall–Kier alpha value is -3.91. The molecule has 8 nitrogen and oxygen atoms in total. The molecule has 0 saturated carbocycles. The summed E-state index contributed by atoms with van der Waals surface area (Å²) < 4.78 is 6.53. The molecular weight excluding hydrogens is 442 g/mol. The van der Waals surface area contributed by atoms with Crippen LogP contribution in [0.15, 0.2) is 65.3 Å². The molecule has 2 aromatic carbocycles. The van der Waals surface area contributed by atoms with E-state index in [9.17, 15) is 9.59 Å². The monoisotopic (exact) mass is 463 g/mol. The molecule has 0 fully saturated rings. The maximum atomic E-state index is 13.4. The number of carbonyl (C=O) groups is 2. The van der Waals surface area contributed by atoms with Gasteiger partial charge in [-0.05, 0) is 26.0 Å². The molecule has 0 spiro atoms. The predicted molar refractivity (Wildman–Crippen MR) is 126 cm³/mol. The summed E-state index contributed by atoms with van der Waals surface area (Å²) >= 11 is 6.35. The van der Waals surface area contributed by atoms with Crippen molar-refractivity contribution in [1.29, 1.82) is 0 Å². The average molecular weight is 464 g/mol. The summed E-state index contributed by atoms with van der Waals surface area (Å²) in [6.45, 7) is 3.54. The summed E-state index contributed by atoms with van der Waals surface area (Å²) in [7, 11) is 1.56. The van der Waals surface area contributed by atoms with Crippen LogP contribution in [0.25, 0.3) is 16.9 Å². The molecule has 0 aliphatic carbocycles. The number of anilines is 1. The van der Waals surface area contributed by atoms with Crippen molar-refractivity contribution in [3.63, 3.8) is 0 Å². The number of hydrogen-bond acceptors (Lipinski definition) is 5. The summed E-state index contributed by atoms with van der Waals surface area (Å²) in [5, 5.41) is 11.5. The van der Waals surface area contributed by atoms with Gasteiger partial charge in [0.2, 0.25) is 5.91 Å². The third kappa shape index (κ3) is 4.96. The Morgan fingerprint density at radius 1 is 1.12 bits per heavy atom. The molecule has 2 amide bonds. The average Bonchev–Trinajstić information content (AvgIpc) is 3.40. The van der Waals surface area contributed by atoms with Crippen LogP contribution in [-0.2, 0) is 4.79 Å². The minimum Gasteiger partial charge on any atom is -0.360 e. The van der Waals surface area contributed by atoms with Gasteiger partial charge in [0.25, 0.3) is 5.91 Å². The molecular formula is C24H22ClN5O3. The quantitative estimate of drug-likeness (QED) is 0.454. The number of carbonyl (C=O) groups excluding carboxylic acids is 2. The molecule has 168 valence electrons. The summed E-state index contributed by atoms with van der Waals surface area (Å²) in [6.07, 6.45) is 1.63. The smallest absolute Gasteiger partial charge is 0.257 e. The zero-order valence-electron chi connectivity index (χ0n) is 18.4. The Morgan fingerprint density at radius 3 is 2.52 bits per heavy atom. The fraction of sp³-hybridized carbons (Fsp3) is 0.167. The number of aromatic nitrogens is 3. The van der Waals surface area contributed by atoms with E-state index < -0.39 is 5.91 Å². The van der Waals surface area contributed by atoms with Crippen molar-refractivity contribution in [2.24, 2.45) is 0 Å². The van der Waals surface area contributed by atoms with E-state index in [0.717, 1.165) is 11.1 Å². The van der Waals surface area contributed by atoms with Crippen molar-refractivity contribution >= 4 is 29.2 Å². The molecule has 33 heavy (non-hydrogen) atoms. The van der Waals surface area contributed by atoms with Gasteiger partial charge in [0, 0.05) is 24.9 Å². The van der Waals surface area contributed by atoms with Crippen molar-refractivity contribution in [2.45, 2.75) is 13.8 Å². The molecule has 0 aliphatic rings. The first kappa shape index (κ1) is 22.3. The largest absolute Gasteiger partial charge is 0.360 e. The zero-order valence-corrected chi connectivity index (χ0v) is 19.1. The SMILES string of the molecule is Cc1ccc(-c2nn(-c3ccccc3Cl)cc2C(=O)N(C)CC(=O)Nc2cc(C)on2)cc1. The summed E-state index contributed by atoms with van der Waals surface area (Å²) in [6, 6.07) is 16.6. The second kappa shape index (κ2) is 9.30. The van der Waals surface area contributed by atoms with E-state index in [1.165, 1.54) is 4.90 Å². The predicted octanol–water partition coefficient (Wildman–Crippen LogP) is 4.51. The molecule has 0 unspecified atom stereocenters. The van der Waals surface area contributed by atoms with Gasteiger partial charge < -0.3 is 14.7 Å². The summed E-state index contributed by atoms with van der Waals surface area (Å²) in [5.74, 6) is 0.125. The van der Waals surface area contributed by atoms with Crippen LogP contribution in [0, 0.1) is 13.8 Å². The van der Waals surface area contributed by atoms with Crippen molar-refractivity contribution in [3.8, 4) is 16.9 Å². The molecule has 0 radical (unpaired) electrons. The van der Waals surface area contributed by atoms with Gasteiger partial charge in [0.15, 0.2) is 5.82 Å². The maximum absolute atomic E-state index is 13.4. The topological polar surface area (TPSA) is 93.3 Å². The van der Waals surface area contributed by atoms with Crippen molar-refractivity contribution in [1.82, 2.24) is 19.8 Å². The van der Waals surface area contributed by atoms with E-state index in [2.05, 4.69) is 15.6 Å². The number of benzene rings is 2. The lowest BCUT2D eigenvalue weighted by atomic mass is 10.1. The molecule has 0 bridgehead atoms. The minimum absolute atomic E-state index is 0.171. The van der Waals surface area contributed by atoms with Crippen LogP contribution >= 0.6 is 11.6 Å². The fourth-order valence-corrected chi connectivity index (χ4v) is 3.54. The Labute approximate surface area is 195 Å². The lowest BCUT2D eigenvalue weighted by Gasteiger charge is -2.16. The van der Waals surface area contributed by atoms with Gasteiger partial charge in [-0.25, -0.2) is 4.68 Å². The highest BCUT2D eigenvalue weighted by atomic mass is 35.5. The lowest BCUT2D eigenvalue weighted by Crippen LogP contribution is -2.35. The van der Waals surface area contributed by atoms with E-state index in [4.69, 9.17) is 16.1 Å².